The molecule has 1 aliphatic carbocycles. The minimum Gasteiger partial charge on any atom is -0.445 e. The zero-order chi connectivity index (χ0) is 29.5. The molecular weight excluding hydrogens is 529 g/mol. The molecule has 5 nitrogen and oxygen atoms in total. The van der Waals surface area contributed by atoms with Crippen LogP contribution in [0.2, 0.25) is 0 Å². The molecule has 1 fully saturated rings. The van der Waals surface area contributed by atoms with E-state index in [-0.39, 0.29) is 30.9 Å². The monoisotopic (exact) mass is 576 g/mol. The van der Waals surface area contributed by atoms with Gasteiger partial charge in [-0.15, -0.1) is 0 Å². The molecular formula is C33H47F3N2O3. The van der Waals surface area contributed by atoms with E-state index in [1.165, 1.54) is 43.5 Å². The molecule has 1 saturated carbocycles. The van der Waals surface area contributed by atoms with Gasteiger partial charge in [0.15, 0.2) is 11.6 Å². The van der Waals surface area contributed by atoms with Crippen LogP contribution in [0.1, 0.15) is 88.7 Å². The molecule has 3 rings (SSSR count). The summed E-state index contributed by atoms with van der Waals surface area (Å²) in [7, 11) is 2.20. The van der Waals surface area contributed by atoms with Crippen LogP contribution in [0.25, 0.3) is 0 Å². The van der Waals surface area contributed by atoms with Crippen LogP contribution in [0.4, 0.5) is 18.0 Å². The summed E-state index contributed by atoms with van der Waals surface area (Å²) in [6.45, 7) is 5.16. The second kappa shape index (κ2) is 18.1. The van der Waals surface area contributed by atoms with E-state index in [1.54, 1.807) is 0 Å². The molecule has 0 aliphatic heterocycles. The molecule has 0 spiro atoms. The molecule has 41 heavy (non-hydrogen) atoms. The Balaban J connectivity index is 1.44. The molecule has 0 aromatic heterocycles. The van der Waals surface area contributed by atoms with Crippen LogP contribution in [-0.4, -0.2) is 54.8 Å². The van der Waals surface area contributed by atoms with Crippen molar-refractivity contribution in [3.8, 4) is 0 Å². The molecule has 0 saturated heterocycles. The van der Waals surface area contributed by atoms with Crippen LogP contribution in [0.3, 0.4) is 0 Å². The number of amides is 1. The number of halogens is 3. The van der Waals surface area contributed by atoms with Crippen molar-refractivity contribution in [3.63, 3.8) is 0 Å². The Kier molecular flexibility index (Phi) is 14.5. The highest BCUT2D eigenvalue weighted by molar-refractivity contribution is 5.68. The molecule has 228 valence electrons. The largest absolute Gasteiger partial charge is 0.445 e. The Morgan fingerprint density at radius 2 is 1.51 bits per heavy atom. The highest BCUT2D eigenvalue weighted by Crippen LogP contribution is 2.28. The van der Waals surface area contributed by atoms with Crippen LogP contribution in [0.5, 0.6) is 0 Å². The van der Waals surface area contributed by atoms with Gasteiger partial charge in [0, 0.05) is 24.3 Å². The van der Waals surface area contributed by atoms with Crippen LogP contribution >= 0.6 is 0 Å². The van der Waals surface area contributed by atoms with Gasteiger partial charge in [-0.05, 0) is 76.7 Å². The Labute approximate surface area is 244 Å². The molecule has 0 heterocycles. The van der Waals surface area contributed by atoms with Crippen LogP contribution < -0.4 is 0 Å². The maximum atomic E-state index is 14.5. The Morgan fingerprint density at radius 3 is 2.22 bits per heavy atom. The van der Waals surface area contributed by atoms with Crippen LogP contribution in [0.15, 0.2) is 42.5 Å². The standard InChI is InChI=1S/C33H47F3N2O3/c1-3-4-10-19-37(2)20-11-5-6-12-21-40-29-17-15-28(16-18-29)38(24-27-22-31(35)32(36)23-30(27)34)33(39)41-25-26-13-8-7-9-14-26/h7-9,13-14,22-23,28-29H,3-6,10-12,15-21,24-25H2,1-2H3. The summed E-state index contributed by atoms with van der Waals surface area (Å²) in [5.74, 6) is -3.28. The number of carbonyl (C=O) groups excluding carboxylic acids is 1. The van der Waals surface area contributed by atoms with Gasteiger partial charge in [-0.2, -0.15) is 0 Å². The minimum absolute atomic E-state index is 0.0734. The SMILES string of the molecule is CCCCCN(C)CCCCCCOC1CCC(N(Cc2cc(F)c(F)cc2F)C(=O)OCc2ccccc2)CC1. The van der Waals surface area contributed by atoms with Gasteiger partial charge in [-0.25, -0.2) is 18.0 Å². The first-order valence-electron chi connectivity index (χ1n) is 15.3. The normalized spacial score (nSPS) is 17.1. The minimum atomic E-state index is -1.25. The van der Waals surface area contributed by atoms with E-state index in [2.05, 4.69) is 18.9 Å². The number of rotatable bonds is 17. The summed E-state index contributed by atoms with van der Waals surface area (Å²) < 4.78 is 53.6. The highest BCUT2D eigenvalue weighted by atomic mass is 19.2. The first kappa shape index (κ1) is 32.9. The number of hydrogen-bond acceptors (Lipinski definition) is 4. The molecule has 0 atom stereocenters. The Bertz CT molecular complexity index is 1030. The number of carbonyl (C=O) groups is 1. The second-order valence-corrected chi connectivity index (χ2v) is 11.3. The fraction of sp³-hybridized carbons (Fsp3) is 0.606. The van der Waals surface area contributed by atoms with Gasteiger partial charge in [0.1, 0.15) is 12.4 Å². The lowest BCUT2D eigenvalue weighted by molar-refractivity contribution is 0.00179. The van der Waals surface area contributed by atoms with Crippen molar-refractivity contribution in [1.29, 1.82) is 0 Å². The quantitative estimate of drug-likeness (QED) is 0.140. The fourth-order valence-corrected chi connectivity index (χ4v) is 5.37. The third-order valence-corrected chi connectivity index (χ3v) is 7.89. The zero-order valence-electron chi connectivity index (χ0n) is 24.8. The van der Waals surface area contributed by atoms with E-state index < -0.39 is 23.5 Å². The lowest BCUT2D eigenvalue weighted by atomic mass is 9.91. The summed E-state index contributed by atoms with van der Waals surface area (Å²) in [4.78, 5) is 17.0. The van der Waals surface area contributed by atoms with Crippen LogP contribution in [-0.2, 0) is 22.6 Å². The summed E-state index contributed by atoms with van der Waals surface area (Å²) in [5, 5.41) is 0. The van der Waals surface area contributed by atoms with Gasteiger partial charge in [0.05, 0.1) is 12.6 Å². The zero-order valence-corrected chi connectivity index (χ0v) is 24.8. The van der Waals surface area contributed by atoms with Crippen LogP contribution in [0, 0.1) is 17.5 Å². The average molecular weight is 577 g/mol. The van der Waals surface area contributed by atoms with E-state index in [0.29, 0.717) is 18.9 Å². The number of unbranched alkanes of at least 4 members (excludes halogenated alkanes) is 5. The van der Waals surface area contributed by atoms with Gasteiger partial charge >= 0.3 is 6.09 Å². The molecule has 0 bridgehead atoms. The summed E-state index contributed by atoms with van der Waals surface area (Å²) in [5.41, 5.74) is 0.752. The number of benzene rings is 2. The van der Waals surface area contributed by atoms with Crippen molar-refractivity contribution >= 4 is 6.09 Å². The van der Waals surface area contributed by atoms with Gasteiger partial charge in [-0.3, -0.25) is 0 Å². The summed E-state index contributed by atoms with van der Waals surface area (Å²) in [6, 6.07) is 10.4. The van der Waals surface area contributed by atoms with Gasteiger partial charge in [0.2, 0.25) is 0 Å². The van der Waals surface area contributed by atoms with Crippen molar-refractivity contribution in [1.82, 2.24) is 9.80 Å². The average Bonchev–Trinajstić information content (AvgIpc) is 2.97. The molecule has 1 aliphatic rings. The lowest BCUT2D eigenvalue weighted by Crippen LogP contribution is -2.43. The molecule has 1 amide bonds. The smallest absolute Gasteiger partial charge is 0.410 e. The summed E-state index contributed by atoms with van der Waals surface area (Å²) >= 11 is 0. The fourth-order valence-electron chi connectivity index (χ4n) is 5.37. The van der Waals surface area contributed by atoms with Crippen molar-refractivity contribution in [2.24, 2.45) is 0 Å². The first-order valence-corrected chi connectivity index (χ1v) is 15.3. The molecule has 0 unspecified atom stereocenters. The van der Waals surface area contributed by atoms with Gasteiger partial charge in [0.25, 0.3) is 0 Å². The van der Waals surface area contributed by atoms with E-state index in [4.69, 9.17) is 9.47 Å². The number of ether oxygens (including phenoxy) is 2. The highest BCUT2D eigenvalue weighted by Gasteiger charge is 2.31. The molecule has 0 radical (unpaired) electrons. The van der Waals surface area contributed by atoms with Crippen molar-refractivity contribution in [3.05, 3.63) is 71.0 Å². The molecule has 2 aromatic rings. The Hall–Kier alpha value is -2.58. The maximum Gasteiger partial charge on any atom is 0.410 e. The summed E-state index contributed by atoms with van der Waals surface area (Å²) in [6.07, 6.45) is 10.8. The number of nitrogens with zero attached hydrogens (tertiary/aromatic N) is 2. The maximum absolute atomic E-state index is 14.5. The Morgan fingerprint density at radius 1 is 0.854 bits per heavy atom. The van der Waals surface area contributed by atoms with Crippen molar-refractivity contribution in [2.75, 3.05) is 26.7 Å². The lowest BCUT2D eigenvalue weighted by Gasteiger charge is -2.36. The third-order valence-electron chi connectivity index (χ3n) is 7.89. The second-order valence-electron chi connectivity index (χ2n) is 11.3. The third kappa shape index (κ3) is 11.7. The van der Waals surface area contributed by atoms with Gasteiger partial charge < -0.3 is 19.3 Å². The van der Waals surface area contributed by atoms with E-state index in [9.17, 15) is 18.0 Å². The van der Waals surface area contributed by atoms with E-state index in [0.717, 1.165) is 50.5 Å². The molecule has 0 N–H and O–H groups in total. The topological polar surface area (TPSA) is 42.0 Å². The van der Waals surface area contributed by atoms with Crippen molar-refractivity contribution in [2.45, 2.75) is 103 Å². The predicted molar refractivity (Wildman–Crippen MR) is 156 cm³/mol. The van der Waals surface area contributed by atoms with E-state index >= 15 is 0 Å². The van der Waals surface area contributed by atoms with Gasteiger partial charge in [-0.1, -0.05) is 62.9 Å². The van der Waals surface area contributed by atoms with Crippen molar-refractivity contribution < 1.29 is 27.4 Å². The molecule has 8 heteroatoms. The first-order chi connectivity index (χ1) is 19.9. The van der Waals surface area contributed by atoms with E-state index in [1.807, 2.05) is 30.3 Å². The number of hydrogen-bond donors (Lipinski definition) is 0. The molecule has 2 aromatic carbocycles. The predicted octanol–water partition coefficient (Wildman–Crippen LogP) is 8.25.